The lowest BCUT2D eigenvalue weighted by Gasteiger charge is -2.17. The van der Waals surface area contributed by atoms with Gasteiger partial charge in [0.25, 0.3) is 0 Å². The molecule has 7 heteroatoms. The molecule has 3 heterocycles. The second kappa shape index (κ2) is 10.2. The molecule has 0 saturated heterocycles. The van der Waals surface area contributed by atoms with Crippen molar-refractivity contribution in [3.8, 4) is 22.4 Å². The van der Waals surface area contributed by atoms with Crippen LogP contribution in [-0.2, 0) is 4.74 Å². The van der Waals surface area contributed by atoms with Gasteiger partial charge in [0.15, 0.2) is 0 Å². The van der Waals surface area contributed by atoms with Crippen molar-refractivity contribution in [1.82, 2.24) is 15.0 Å². The Bertz CT molecular complexity index is 1590. The van der Waals surface area contributed by atoms with Gasteiger partial charge in [-0.3, -0.25) is 4.98 Å². The normalized spacial score (nSPS) is 11.9. The number of pyridine rings is 1. The molecular weight excluding hydrogens is 464 g/mol. The van der Waals surface area contributed by atoms with E-state index in [1.54, 1.807) is 25.5 Å². The van der Waals surface area contributed by atoms with Crippen LogP contribution in [0.15, 0.2) is 77.7 Å². The van der Waals surface area contributed by atoms with Crippen molar-refractivity contribution in [3.05, 3.63) is 95.8 Å². The van der Waals surface area contributed by atoms with Crippen molar-refractivity contribution < 1.29 is 13.9 Å². The fraction of sp³-hybridized carbons (Fsp3) is 0.200. The minimum Gasteiger partial charge on any atom is -0.464 e. The summed E-state index contributed by atoms with van der Waals surface area (Å²) in [5.41, 5.74) is 7.14. The maximum absolute atomic E-state index is 12.1. The second-order valence-corrected chi connectivity index (χ2v) is 8.99. The van der Waals surface area contributed by atoms with Gasteiger partial charge in [-0.2, -0.15) is 0 Å². The molecular formula is C30H28N4O3. The van der Waals surface area contributed by atoms with Crippen LogP contribution in [0, 0.1) is 13.8 Å². The number of fused-ring (bicyclic) bond motifs is 1. The number of esters is 1. The third-order valence-corrected chi connectivity index (χ3v) is 6.23. The highest BCUT2D eigenvalue weighted by Crippen LogP contribution is 2.29. The van der Waals surface area contributed by atoms with E-state index in [4.69, 9.17) is 9.15 Å². The molecule has 2 aromatic carbocycles. The summed E-state index contributed by atoms with van der Waals surface area (Å²) in [5, 5.41) is 4.60. The number of benzene rings is 2. The number of ether oxygens (including phenoxy) is 1. The Kier molecular flexibility index (Phi) is 6.68. The standard InChI is InChI=1S/C30H28N4O3/c1-5-36-30(35)25-12-24(15-31-16-25)22-8-6-7-21(11-22)19(3)32-29-14-27(33-20(4)34-29)23-9-10-28-26(13-23)18(2)17-37-28/h6-17,19H,5H2,1-4H3,(H,32,33,34). The number of carbonyl (C=O) groups excluding carboxylic acids is 1. The first-order valence-corrected chi connectivity index (χ1v) is 12.2. The average molecular weight is 493 g/mol. The Hall–Kier alpha value is -4.52. The Morgan fingerprint density at radius 1 is 1.00 bits per heavy atom. The van der Waals surface area contributed by atoms with Crippen LogP contribution in [0.5, 0.6) is 0 Å². The van der Waals surface area contributed by atoms with Gasteiger partial charge < -0.3 is 14.5 Å². The molecule has 0 aliphatic carbocycles. The van der Waals surface area contributed by atoms with Gasteiger partial charge in [0, 0.05) is 41.0 Å². The molecule has 1 atom stereocenters. The van der Waals surface area contributed by atoms with Crippen LogP contribution in [0.25, 0.3) is 33.4 Å². The summed E-state index contributed by atoms with van der Waals surface area (Å²) in [6.07, 6.45) is 5.04. The zero-order valence-electron chi connectivity index (χ0n) is 21.3. The van der Waals surface area contributed by atoms with Gasteiger partial charge in [0.2, 0.25) is 0 Å². The minimum atomic E-state index is -0.375. The van der Waals surface area contributed by atoms with E-state index < -0.39 is 0 Å². The summed E-state index contributed by atoms with van der Waals surface area (Å²) in [4.78, 5) is 25.7. The van der Waals surface area contributed by atoms with Crippen LogP contribution >= 0.6 is 0 Å². The number of nitrogens with one attached hydrogen (secondary N) is 1. The fourth-order valence-corrected chi connectivity index (χ4v) is 4.32. The first-order chi connectivity index (χ1) is 17.9. The molecule has 1 unspecified atom stereocenters. The number of nitrogens with zero attached hydrogens (tertiary/aromatic N) is 3. The zero-order chi connectivity index (χ0) is 25.9. The highest BCUT2D eigenvalue weighted by molar-refractivity contribution is 5.90. The second-order valence-electron chi connectivity index (χ2n) is 8.99. The molecule has 5 aromatic rings. The van der Waals surface area contributed by atoms with Gasteiger partial charge in [-0.05, 0) is 74.7 Å². The van der Waals surface area contributed by atoms with Gasteiger partial charge in [-0.1, -0.05) is 18.2 Å². The molecule has 0 spiro atoms. The number of aromatic nitrogens is 3. The van der Waals surface area contributed by atoms with Crippen molar-refractivity contribution in [3.63, 3.8) is 0 Å². The Labute approximate surface area is 215 Å². The molecule has 5 rings (SSSR count). The minimum absolute atomic E-state index is 0.0260. The van der Waals surface area contributed by atoms with Crippen molar-refractivity contribution >= 4 is 22.8 Å². The summed E-state index contributed by atoms with van der Waals surface area (Å²) in [5.74, 6) is 1.06. The van der Waals surface area contributed by atoms with E-state index in [9.17, 15) is 4.79 Å². The van der Waals surface area contributed by atoms with Gasteiger partial charge in [-0.25, -0.2) is 14.8 Å². The van der Waals surface area contributed by atoms with E-state index in [0.29, 0.717) is 18.0 Å². The summed E-state index contributed by atoms with van der Waals surface area (Å²) in [7, 11) is 0. The van der Waals surface area contributed by atoms with Crippen LogP contribution in [0.3, 0.4) is 0 Å². The van der Waals surface area contributed by atoms with Crippen LogP contribution < -0.4 is 5.32 Å². The monoisotopic (exact) mass is 492 g/mol. The highest BCUT2D eigenvalue weighted by Gasteiger charge is 2.13. The molecule has 0 amide bonds. The third-order valence-electron chi connectivity index (χ3n) is 6.23. The van der Waals surface area contributed by atoms with Crippen molar-refractivity contribution in [2.24, 2.45) is 0 Å². The van der Waals surface area contributed by atoms with Gasteiger partial charge in [0.05, 0.1) is 24.1 Å². The van der Waals surface area contributed by atoms with E-state index in [1.807, 2.05) is 44.2 Å². The third kappa shape index (κ3) is 5.21. The van der Waals surface area contributed by atoms with E-state index >= 15 is 0 Å². The number of furan rings is 1. The predicted molar refractivity (Wildman–Crippen MR) is 144 cm³/mol. The summed E-state index contributed by atoms with van der Waals surface area (Å²) >= 11 is 0. The highest BCUT2D eigenvalue weighted by atomic mass is 16.5. The smallest absolute Gasteiger partial charge is 0.339 e. The van der Waals surface area contributed by atoms with Crippen LogP contribution in [0.4, 0.5) is 5.82 Å². The van der Waals surface area contributed by atoms with E-state index in [-0.39, 0.29) is 12.0 Å². The molecule has 0 bridgehead atoms. The summed E-state index contributed by atoms with van der Waals surface area (Å²) in [6.45, 7) is 8.12. The first-order valence-electron chi connectivity index (χ1n) is 12.2. The molecule has 3 aromatic heterocycles. The molecule has 0 aliphatic rings. The summed E-state index contributed by atoms with van der Waals surface area (Å²) < 4.78 is 10.7. The van der Waals surface area contributed by atoms with E-state index in [0.717, 1.165) is 50.3 Å². The number of hydrogen-bond acceptors (Lipinski definition) is 7. The Morgan fingerprint density at radius 2 is 1.86 bits per heavy atom. The average Bonchev–Trinajstić information content (AvgIpc) is 3.28. The van der Waals surface area contributed by atoms with Gasteiger partial charge >= 0.3 is 5.97 Å². The fourth-order valence-electron chi connectivity index (χ4n) is 4.32. The SMILES string of the molecule is CCOC(=O)c1cncc(-c2cccc(C(C)Nc3cc(-c4ccc5occ(C)c5c4)nc(C)n3)c2)c1. The molecule has 37 heavy (non-hydrogen) atoms. The molecule has 0 fully saturated rings. The number of carbonyl (C=O) groups is 1. The lowest BCUT2D eigenvalue weighted by atomic mass is 10.0. The van der Waals surface area contributed by atoms with Crippen molar-refractivity contribution in [2.45, 2.75) is 33.7 Å². The quantitative estimate of drug-likeness (QED) is 0.247. The topological polar surface area (TPSA) is 90.1 Å². The zero-order valence-corrected chi connectivity index (χ0v) is 21.3. The maximum Gasteiger partial charge on any atom is 0.339 e. The van der Waals surface area contributed by atoms with E-state index in [2.05, 4.69) is 45.4 Å². The largest absolute Gasteiger partial charge is 0.464 e. The van der Waals surface area contributed by atoms with Gasteiger partial charge in [0.1, 0.15) is 17.2 Å². The van der Waals surface area contributed by atoms with Crippen LogP contribution in [-0.4, -0.2) is 27.5 Å². The molecule has 7 nitrogen and oxygen atoms in total. The maximum atomic E-state index is 12.1. The molecule has 0 saturated carbocycles. The molecule has 0 radical (unpaired) electrons. The Morgan fingerprint density at radius 3 is 2.70 bits per heavy atom. The number of anilines is 1. The van der Waals surface area contributed by atoms with Crippen LogP contribution in [0.2, 0.25) is 0 Å². The first kappa shape index (κ1) is 24.2. The number of aryl methyl sites for hydroxylation is 2. The lowest BCUT2D eigenvalue weighted by molar-refractivity contribution is 0.0526. The molecule has 0 aliphatic heterocycles. The van der Waals surface area contributed by atoms with E-state index in [1.165, 1.54) is 6.20 Å². The number of hydrogen-bond donors (Lipinski definition) is 1. The predicted octanol–water partition coefficient (Wildman–Crippen LogP) is 6.92. The molecule has 1 N–H and O–H groups in total. The van der Waals surface area contributed by atoms with Crippen LogP contribution in [0.1, 0.15) is 47.2 Å². The number of rotatable bonds is 7. The van der Waals surface area contributed by atoms with Crippen molar-refractivity contribution in [1.29, 1.82) is 0 Å². The Balaban J connectivity index is 1.39. The van der Waals surface area contributed by atoms with Crippen molar-refractivity contribution in [2.75, 3.05) is 11.9 Å². The lowest BCUT2D eigenvalue weighted by Crippen LogP contribution is -2.09. The molecule has 186 valence electrons. The van der Waals surface area contributed by atoms with Gasteiger partial charge in [-0.15, -0.1) is 0 Å². The summed E-state index contributed by atoms with van der Waals surface area (Å²) in [6, 6.07) is 18.0.